The first kappa shape index (κ1) is 23.0. The van der Waals surface area contributed by atoms with Gasteiger partial charge in [-0.25, -0.2) is 4.39 Å². The van der Waals surface area contributed by atoms with Crippen molar-refractivity contribution < 1.29 is 18.7 Å². The van der Waals surface area contributed by atoms with E-state index < -0.39 is 24.4 Å². The van der Waals surface area contributed by atoms with Crippen LogP contribution in [0.2, 0.25) is 10.0 Å². The first-order valence-corrected chi connectivity index (χ1v) is 10.0. The third-order valence-electron chi connectivity index (χ3n) is 4.31. The van der Waals surface area contributed by atoms with E-state index in [-0.39, 0.29) is 18.2 Å². The van der Waals surface area contributed by atoms with Crippen molar-refractivity contribution in [2.75, 3.05) is 13.2 Å². The highest BCUT2D eigenvalue weighted by molar-refractivity contribution is 6.36. The summed E-state index contributed by atoms with van der Waals surface area (Å²) < 4.78 is 19.1. The fourth-order valence-corrected chi connectivity index (χ4v) is 3.37. The number of benzene rings is 2. The van der Waals surface area contributed by atoms with Gasteiger partial charge in [0.1, 0.15) is 6.04 Å². The molecule has 0 heterocycles. The lowest BCUT2D eigenvalue weighted by molar-refractivity contribution is -0.143. The standard InChI is InChI=1S/C21H23Cl2FN2O3/c1-3-18(21(28)25-4-2)26(12-14-15(22)8-7-9-16(14)23)20(27)13-29-19-11-6-5-10-17(19)24/h5-11,18H,3-4,12-13H2,1-2H3,(H,25,28)/t18-/m1/s1. The van der Waals surface area contributed by atoms with Gasteiger partial charge in [0.2, 0.25) is 5.91 Å². The van der Waals surface area contributed by atoms with Crippen molar-refractivity contribution in [1.29, 1.82) is 0 Å². The summed E-state index contributed by atoms with van der Waals surface area (Å²) >= 11 is 12.5. The van der Waals surface area contributed by atoms with Gasteiger partial charge < -0.3 is 15.0 Å². The zero-order chi connectivity index (χ0) is 21.4. The highest BCUT2D eigenvalue weighted by atomic mass is 35.5. The molecule has 0 aliphatic rings. The highest BCUT2D eigenvalue weighted by Crippen LogP contribution is 2.27. The molecule has 0 radical (unpaired) electrons. The fourth-order valence-electron chi connectivity index (χ4n) is 2.85. The quantitative estimate of drug-likeness (QED) is 0.626. The summed E-state index contributed by atoms with van der Waals surface area (Å²) in [7, 11) is 0. The van der Waals surface area contributed by atoms with E-state index in [0.29, 0.717) is 28.6 Å². The number of ether oxygens (including phenoxy) is 1. The molecule has 0 spiro atoms. The van der Waals surface area contributed by atoms with Crippen LogP contribution in [0.1, 0.15) is 25.8 Å². The summed E-state index contributed by atoms with van der Waals surface area (Å²) in [6.45, 7) is 3.61. The van der Waals surface area contributed by atoms with E-state index in [1.165, 1.54) is 23.1 Å². The summed E-state index contributed by atoms with van der Waals surface area (Å²) in [6.07, 6.45) is 0.374. The molecule has 2 aromatic carbocycles. The first-order valence-electron chi connectivity index (χ1n) is 9.26. The summed E-state index contributed by atoms with van der Waals surface area (Å²) in [5.74, 6) is -1.39. The normalized spacial score (nSPS) is 11.6. The Morgan fingerprint density at radius 1 is 1.10 bits per heavy atom. The van der Waals surface area contributed by atoms with Crippen LogP contribution in [0.5, 0.6) is 5.75 Å². The van der Waals surface area contributed by atoms with Gasteiger partial charge in [-0.3, -0.25) is 9.59 Å². The van der Waals surface area contributed by atoms with Crippen LogP contribution in [0.4, 0.5) is 4.39 Å². The molecule has 5 nitrogen and oxygen atoms in total. The van der Waals surface area contributed by atoms with Crippen molar-refractivity contribution in [3.8, 4) is 5.75 Å². The molecule has 0 fully saturated rings. The third kappa shape index (κ3) is 6.08. The average molecular weight is 441 g/mol. The molecule has 0 saturated carbocycles. The summed E-state index contributed by atoms with van der Waals surface area (Å²) in [5, 5.41) is 3.50. The second-order valence-corrected chi connectivity index (χ2v) is 7.07. The number of hydrogen-bond acceptors (Lipinski definition) is 3. The molecule has 1 N–H and O–H groups in total. The second-order valence-electron chi connectivity index (χ2n) is 6.26. The fraction of sp³-hybridized carbons (Fsp3) is 0.333. The molecule has 2 aromatic rings. The molecule has 0 aromatic heterocycles. The number of nitrogens with one attached hydrogen (secondary N) is 1. The number of para-hydroxylation sites is 1. The Morgan fingerprint density at radius 2 is 1.76 bits per heavy atom. The number of likely N-dealkylation sites (N-methyl/N-ethyl adjacent to an activating group) is 1. The van der Waals surface area contributed by atoms with Crippen LogP contribution >= 0.6 is 23.2 Å². The Kier molecular flexibility index (Phi) is 8.73. The van der Waals surface area contributed by atoms with Gasteiger partial charge in [-0.15, -0.1) is 0 Å². The van der Waals surface area contributed by atoms with Gasteiger partial charge in [0.25, 0.3) is 5.91 Å². The van der Waals surface area contributed by atoms with Crippen LogP contribution in [-0.2, 0) is 16.1 Å². The lowest BCUT2D eigenvalue weighted by atomic mass is 10.1. The Hall–Kier alpha value is -2.31. The molecule has 8 heteroatoms. The van der Waals surface area contributed by atoms with Crippen molar-refractivity contribution in [3.05, 3.63) is 63.9 Å². The van der Waals surface area contributed by atoms with E-state index in [4.69, 9.17) is 27.9 Å². The molecular weight excluding hydrogens is 418 g/mol. The Bertz CT molecular complexity index is 843. The monoisotopic (exact) mass is 440 g/mol. The van der Waals surface area contributed by atoms with Gasteiger partial charge in [-0.2, -0.15) is 0 Å². The predicted molar refractivity (Wildman–Crippen MR) is 112 cm³/mol. The molecule has 0 aliphatic carbocycles. The lowest BCUT2D eigenvalue weighted by Gasteiger charge is -2.31. The maximum Gasteiger partial charge on any atom is 0.261 e. The number of halogens is 3. The second kappa shape index (κ2) is 11.0. The van der Waals surface area contributed by atoms with E-state index in [9.17, 15) is 14.0 Å². The largest absolute Gasteiger partial charge is 0.481 e. The zero-order valence-electron chi connectivity index (χ0n) is 16.3. The molecule has 1 atom stereocenters. The number of rotatable bonds is 9. The van der Waals surface area contributed by atoms with Crippen molar-refractivity contribution in [2.24, 2.45) is 0 Å². The molecule has 2 amide bonds. The topological polar surface area (TPSA) is 58.6 Å². The van der Waals surface area contributed by atoms with Crippen molar-refractivity contribution >= 4 is 35.0 Å². The minimum Gasteiger partial charge on any atom is -0.481 e. The van der Waals surface area contributed by atoms with Crippen LogP contribution in [0.3, 0.4) is 0 Å². The predicted octanol–water partition coefficient (Wildman–Crippen LogP) is 4.45. The van der Waals surface area contributed by atoms with E-state index in [0.717, 1.165) is 0 Å². The smallest absolute Gasteiger partial charge is 0.261 e. The molecule has 156 valence electrons. The van der Waals surface area contributed by atoms with Crippen molar-refractivity contribution in [2.45, 2.75) is 32.9 Å². The third-order valence-corrected chi connectivity index (χ3v) is 5.02. The van der Waals surface area contributed by atoms with Crippen LogP contribution in [0, 0.1) is 5.82 Å². The number of carbonyl (C=O) groups is 2. The zero-order valence-corrected chi connectivity index (χ0v) is 17.8. The SMILES string of the molecule is CCNC(=O)[C@@H](CC)N(Cc1c(Cl)cccc1Cl)C(=O)COc1ccccc1F. The van der Waals surface area contributed by atoms with E-state index >= 15 is 0 Å². The van der Waals surface area contributed by atoms with Crippen molar-refractivity contribution in [3.63, 3.8) is 0 Å². The Morgan fingerprint density at radius 3 is 2.34 bits per heavy atom. The van der Waals surface area contributed by atoms with E-state index in [2.05, 4.69) is 5.32 Å². The Labute approximate surface area is 179 Å². The molecule has 0 unspecified atom stereocenters. The minimum absolute atomic E-state index is 0.0214. The van der Waals surface area contributed by atoms with Gasteiger partial charge in [-0.05, 0) is 37.6 Å². The number of amides is 2. The molecule has 0 bridgehead atoms. The maximum absolute atomic E-state index is 13.8. The summed E-state index contributed by atoms with van der Waals surface area (Å²) in [4.78, 5) is 26.9. The number of carbonyl (C=O) groups excluding carboxylic acids is 2. The molecule has 2 rings (SSSR count). The highest BCUT2D eigenvalue weighted by Gasteiger charge is 2.29. The molecule has 0 saturated heterocycles. The summed E-state index contributed by atoms with van der Waals surface area (Å²) in [5.41, 5.74) is 0.526. The van der Waals surface area contributed by atoms with E-state index in [1.54, 1.807) is 38.1 Å². The maximum atomic E-state index is 13.8. The van der Waals surface area contributed by atoms with Gasteiger partial charge in [0.05, 0.1) is 0 Å². The first-order chi connectivity index (χ1) is 13.9. The van der Waals surface area contributed by atoms with Crippen LogP contribution in [-0.4, -0.2) is 35.9 Å². The van der Waals surface area contributed by atoms with Gasteiger partial charge in [0.15, 0.2) is 18.2 Å². The Balaban J connectivity index is 2.28. The summed E-state index contributed by atoms with van der Waals surface area (Å²) in [6, 6.07) is 10.1. The van der Waals surface area contributed by atoms with Crippen LogP contribution in [0.15, 0.2) is 42.5 Å². The molecular formula is C21H23Cl2FN2O3. The average Bonchev–Trinajstić information content (AvgIpc) is 2.69. The van der Waals surface area contributed by atoms with Gasteiger partial charge in [0, 0.05) is 28.7 Å². The molecule has 29 heavy (non-hydrogen) atoms. The molecule has 0 aliphatic heterocycles. The number of nitrogens with zero attached hydrogens (tertiary/aromatic N) is 1. The van der Waals surface area contributed by atoms with Gasteiger partial charge >= 0.3 is 0 Å². The number of hydrogen-bond donors (Lipinski definition) is 1. The van der Waals surface area contributed by atoms with E-state index in [1.807, 2.05) is 0 Å². The minimum atomic E-state index is -0.751. The van der Waals surface area contributed by atoms with Crippen LogP contribution in [0.25, 0.3) is 0 Å². The van der Waals surface area contributed by atoms with Crippen molar-refractivity contribution in [1.82, 2.24) is 10.2 Å². The van der Waals surface area contributed by atoms with Crippen LogP contribution < -0.4 is 10.1 Å². The lowest BCUT2D eigenvalue weighted by Crippen LogP contribution is -2.50. The van der Waals surface area contributed by atoms with Gasteiger partial charge in [-0.1, -0.05) is 48.3 Å².